The summed E-state index contributed by atoms with van der Waals surface area (Å²) in [4.78, 5) is 13.1. The molecule has 4 nitrogen and oxygen atoms in total. The van der Waals surface area contributed by atoms with Crippen molar-refractivity contribution < 1.29 is 13.9 Å². The first-order chi connectivity index (χ1) is 7.15. The van der Waals surface area contributed by atoms with Gasteiger partial charge in [-0.15, -0.1) is 0 Å². The first-order valence-electron chi connectivity index (χ1n) is 4.99. The number of carbonyl (C=O) groups is 1. The number of aryl methyl sites for hydroxylation is 1. The Hall–Kier alpha value is -1.29. The second-order valence-electron chi connectivity index (χ2n) is 3.39. The molecule has 0 aliphatic carbocycles. The molecule has 0 radical (unpaired) electrons. The number of rotatable bonds is 5. The standard InChI is InChI=1S/C11H17NO3/c1-4-14-8-11(13)12(3)7-10-5-6-15-9(10)2/h5-6H,4,7-8H2,1-3H3. The van der Waals surface area contributed by atoms with E-state index in [1.54, 1.807) is 18.2 Å². The molecule has 1 aromatic heterocycles. The fourth-order valence-corrected chi connectivity index (χ4v) is 1.22. The van der Waals surface area contributed by atoms with Crippen LogP contribution in [0.4, 0.5) is 0 Å². The monoisotopic (exact) mass is 211 g/mol. The minimum atomic E-state index is -0.0162. The van der Waals surface area contributed by atoms with Gasteiger partial charge in [0.05, 0.1) is 6.26 Å². The van der Waals surface area contributed by atoms with Crippen LogP contribution in [0.2, 0.25) is 0 Å². The van der Waals surface area contributed by atoms with E-state index in [2.05, 4.69) is 0 Å². The largest absolute Gasteiger partial charge is 0.469 e. The molecule has 0 aliphatic heterocycles. The van der Waals surface area contributed by atoms with Gasteiger partial charge in [-0.3, -0.25) is 4.79 Å². The van der Waals surface area contributed by atoms with E-state index in [0.29, 0.717) is 13.2 Å². The van der Waals surface area contributed by atoms with Crippen LogP contribution in [0.25, 0.3) is 0 Å². The first-order valence-corrected chi connectivity index (χ1v) is 4.99. The third-order valence-corrected chi connectivity index (χ3v) is 2.23. The molecular formula is C11H17NO3. The molecule has 0 aromatic carbocycles. The minimum Gasteiger partial charge on any atom is -0.469 e. The Kier molecular flexibility index (Phi) is 4.37. The number of nitrogens with zero attached hydrogens (tertiary/aromatic N) is 1. The Morgan fingerprint density at radius 1 is 1.60 bits per heavy atom. The number of likely N-dealkylation sites (N-methyl/N-ethyl adjacent to an activating group) is 1. The molecule has 0 unspecified atom stereocenters. The van der Waals surface area contributed by atoms with Gasteiger partial charge < -0.3 is 14.1 Å². The highest BCUT2D eigenvalue weighted by Gasteiger charge is 2.11. The number of amides is 1. The highest BCUT2D eigenvalue weighted by Crippen LogP contribution is 2.10. The lowest BCUT2D eigenvalue weighted by molar-refractivity contribution is -0.135. The number of furan rings is 1. The molecule has 0 bridgehead atoms. The van der Waals surface area contributed by atoms with Crippen molar-refractivity contribution in [3.05, 3.63) is 23.7 Å². The van der Waals surface area contributed by atoms with Crippen molar-refractivity contribution in [3.8, 4) is 0 Å². The van der Waals surface area contributed by atoms with E-state index in [1.807, 2.05) is 19.9 Å². The van der Waals surface area contributed by atoms with Crippen LogP contribution in [0.1, 0.15) is 18.2 Å². The number of ether oxygens (including phenoxy) is 1. The maximum Gasteiger partial charge on any atom is 0.248 e. The third-order valence-electron chi connectivity index (χ3n) is 2.23. The van der Waals surface area contributed by atoms with Crippen LogP contribution in [-0.4, -0.2) is 31.1 Å². The van der Waals surface area contributed by atoms with Crippen LogP contribution in [0.5, 0.6) is 0 Å². The van der Waals surface area contributed by atoms with E-state index in [-0.39, 0.29) is 12.5 Å². The van der Waals surface area contributed by atoms with E-state index >= 15 is 0 Å². The summed E-state index contributed by atoms with van der Waals surface area (Å²) in [5.74, 6) is 0.837. The molecule has 84 valence electrons. The maximum atomic E-state index is 11.5. The van der Waals surface area contributed by atoms with Gasteiger partial charge in [0.15, 0.2) is 0 Å². The lowest BCUT2D eigenvalue weighted by atomic mass is 10.2. The smallest absolute Gasteiger partial charge is 0.248 e. The van der Waals surface area contributed by atoms with Crippen LogP contribution in [0.3, 0.4) is 0 Å². The summed E-state index contributed by atoms with van der Waals surface area (Å²) in [7, 11) is 1.76. The quantitative estimate of drug-likeness (QED) is 0.742. The zero-order valence-electron chi connectivity index (χ0n) is 9.45. The Morgan fingerprint density at radius 3 is 2.87 bits per heavy atom. The topological polar surface area (TPSA) is 42.7 Å². The van der Waals surface area contributed by atoms with Gasteiger partial charge in [0.25, 0.3) is 0 Å². The summed E-state index contributed by atoms with van der Waals surface area (Å²) < 4.78 is 10.2. The van der Waals surface area contributed by atoms with Gasteiger partial charge in [-0.05, 0) is 19.9 Å². The molecule has 0 atom stereocenters. The molecule has 1 aromatic rings. The maximum absolute atomic E-state index is 11.5. The molecule has 0 saturated heterocycles. The first kappa shape index (κ1) is 11.8. The minimum absolute atomic E-state index is 0.0162. The summed E-state index contributed by atoms with van der Waals surface area (Å²) in [6, 6.07) is 1.87. The number of hydrogen-bond acceptors (Lipinski definition) is 3. The summed E-state index contributed by atoms with van der Waals surface area (Å²) >= 11 is 0. The van der Waals surface area contributed by atoms with Gasteiger partial charge in [0, 0.05) is 25.8 Å². The fraction of sp³-hybridized carbons (Fsp3) is 0.545. The van der Waals surface area contributed by atoms with Crippen molar-refractivity contribution >= 4 is 5.91 Å². The molecule has 0 spiro atoms. The molecule has 15 heavy (non-hydrogen) atoms. The second-order valence-corrected chi connectivity index (χ2v) is 3.39. The molecule has 1 rings (SSSR count). The molecule has 0 aliphatic rings. The van der Waals surface area contributed by atoms with Crippen molar-refractivity contribution in [2.24, 2.45) is 0 Å². The average Bonchev–Trinajstić information content (AvgIpc) is 2.61. The summed E-state index contributed by atoms with van der Waals surface area (Å²) in [5.41, 5.74) is 1.03. The summed E-state index contributed by atoms with van der Waals surface area (Å²) in [6.45, 7) is 5.02. The van der Waals surface area contributed by atoms with Gasteiger partial charge in [-0.25, -0.2) is 0 Å². The normalized spacial score (nSPS) is 10.3. The Labute approximate surface area is 89.8 Å². The Balaban J connectivity index is 2.45. The molecule has 4 heteroatoms. The Bertz CT molecular complexity index is 319. The highest BCUT2D eigenvalue weighted by molar-refractivity contribution is 5.77. The van der Waals surface area contributed by atoms with E-state index < -0.39 is 0 Å². The second kappa shape index (κ2) is 5.56. The zero-order chi connectivity index (χ0) is 11.3. The summed E-state index contributed by atoms with van der Waals surface area (Å²) in [6.07, 6.45) is 1.63. The molecular weight excluding hydrogens is 194 g/mol. The molecule has 0 N–H and O–H groups in total. The van der Waals surface area contributed by atoms with Crippen molar-refractivity contribution in [2.45, 2.75) is 20.4 Å². The SMILES string of the molecule is CCOCC(=O)N(C)Cc1ccoc1C. The van der Waals surface area contributed by atoms with Crippen LogP contribution in [-0.2, 0) is 16.1 Å². The van der Waals surface area contributed by atoms with Gasteiger partial charge in [0.2, 0.25) is 5.91 Å². The lowest BCUT2D eigenvalue weighted by Crippen LogP contribution is -2.29. The fourth-order valence-electron chi connectivity index (χ4n) is 1.22. The molecule has 0 saturated carbocycles. The molecule has 1 amide bonds. The lowest BCUT2D eigenvalue weighted by Gasteiger charge is -2.16. The van der Waals surface area contributed by atoms with Crippen molar-refractivity contribution in [3.63, 3.8) is 0 Å². The van der Waals surface area contributed by atoms with Crippen LogP contribution < -0.4 is 0 Å². The van der Waals surface area contributed by atoms with Crippen molar-refractivity contribution in [1.82, 2.24) is 4.90 Å². The highest BCUT2D eigenvalue weighted by atomic mass is 16.5. The molecule has 1 heterocycles. The van der Waals surface area contributed by atoms with Gasteiger partial charge in [-0.1, -0.05) is 0 Å². The van der Waals surface area contributed by atoms with E-state index in [9.17, 15) is 4.79 Å². The third kappa shape index (κ3) is 3.40. The molecule has 0 fully saturated rings. The van der Waals surface area contributed by atoms with E-state index in [1.165, 1.54) is 0 Å². The van der Waals surface area contributed by atoms with Crippen molar-refractivity contribution in [2.75, 3.05) is 20.3 Å². The van der Waals surface area contributed by atoms with Gasteiger partial charge >= 0.3 is 0 Å². The van der Waals surface area contributed by atoms with Crippen LogP contribution in [0, 0.1) is 6.92 Å². The predicted molar refractivity (Wildman–Crippen MR) is 56.4 cm³/mol. The van der Waals surface area contributed by atoms with Crippen LogP contribution >= 0.6 is 0 Å². The van der Waals surface area contributed by atoms with Crippen LogP contribution in [0.15, 0.2) is 16.7 Å². The van der Waals surface area contributed by atoms with Crippen molar-refractivity contribution in [1.29, 1.82) is 0 Å². The van der Waals surface area contributed by atoms with Gasteiger partial charge in [-0.2, -0.15) is 0 Å². The number of carbonyl (C=O) groups excluding carboxylic acids is 1. The van der Waals surface area contributed by atoms with E-state index in [0.717, 1.165) is 11.3 Å². The Morgan fingerprint density at radius 2 is 2.33 bits per heavy atom. The number of hydrogen-bond donors (Lipinski definition) is 0. The predicted octanol–water partition coefficient (Wildman–Crippen LogP) is 1.58. The average molecular weight is 211 g/mol. The zero-order valence-corrected chi connectivity index (χ0v) is 9.45. The summed E-state index contributed by atoms with van der Waals surface area (Å²) in [5, 5.41) is 0. The van der Waals surface area contributed by atoms with Gasteiger partial charge in [0.1, 0.15) is 12.4 Å². The van der Waals surface area contributed by atoms with E-state index in [4.69, 9.17) is 9.15 Å².